The monoisotopic (exact) mass is 554 g/mol. The molecule has 2 fully saturated rings. The van der Waals surface area contributed by atoms with Gasteiger partial charge in [-0.25, -0.2) is 0 Å². The molecule has 40 heavy (non-hydrogen) atoms. The average Bonchev–Trinajstić information content (AvgIpc) is 3.39. The molecule has 3 aliphatic rings. The summed E-state index contributed by atoms with van der Waals surface area (Å²) in [6.07, 6.45) is 0.324. The van der Waals surface area contributed by atoms with Crippen molar-refractivity contribution in [3.8, 4) is 5.75 Å². The molecular weight excluding hydrogens is 520 g/mol. The van der Waals surface area contributed by atoms with Crippen molar-refractivity contribution in [2.45, 2.75) is 37.1 Å². The maximum Gasteiger partial charge on any atom is 0.230 e. The SMILES string of the molecule is CN(C)c1cc(NCc2ccn[nH]2)c(O)c2c1CC1CC3C(N(C)C)C(O)C(C(N)=O)C(=O)C3(O)C(=O)C1C2=O. The van der Waals surface area contributed by atoms with Gasteiger partial charge >= 0.3 is 0 Å². The quantitative estimate of drug-likeness (QED) is 0.190. The van der Waals surface area contributed by atoms with Crippen LogP contribution in [0, 0.1) is 23.7 Å². The van der Waals surface area contributed by atoms with Crippen molar-refractivity contribution >= 4 is 34.6 Å². The summed E-state index contributed by atoms with van der Waals surface area (Å²) in [5, 5.41) is 43.8. The van der Waals surface area contributed by atoms with Crippen molar-refractivity contribution in [2.75, 3.05) is 38.4 Å². The number of H-pyrrole nitrogens is 1. The molecule has 0 spiro atoms. The number of primary amides is 1. The van der Waals surface area contributed by atoms with Crippen LogP contribution < -0.4 is 16.0 Å². The summed E-state index contributed by atoms with van der Waals surface area (Å²) in [7, 11) is 6.82. The smallest absolute Gasteiger partial charge is 0.230 e. The van der Waals surface area contributed by atoms with Gasteiger partial charge in [-0.2, -0.15) is 5.10 Å². The van der Waals surface area contributed by atoms with Gasteiger partial charge < -0.3 is 36.2 Å². The first-order valence-electron chi connectivity index (χ1n) is 13.1. The third-order valence-corrected chi connectivity index (χ3v) is 8.78. The van der Waals surface area contributed by atoms with Gasteiger partial charge in [-0.15, -0.1) is 0 Å². The van der Waals surface area contributed by atoms with E-state index in [1.54, 1.807) is 51.4 Å². The molecule has 2 aromatic rings. The standard InChI is InChI=1S/C27H34N6O7/c1-32(2)16-9-15(29-10-12-5-6-30-31-12)21(34)18-13(16)7-11-8-14-20(33(3)4)23(36)19(26(28)39)25(38)27(14,40)24(37)17(11)22(18)35/h5-6,9,11,14,17,19-20,23,29,34,36,40H,7-8,10H2,1-4H3,(H2,28,39)(H,30,31). The molecule has 0 radical (unpaired) electrons. The van der Waals surface area contributed by atoms with E-state index in [2.05, 4.69) is 15.5 Å². The molecule has 7 atom stereocenters. The number of phenolic OH excluding ortho intramolecular Hbond substituents is 1. The van der Waals surface area contributed by atoms with E-state index >= 15 is 0 Å². The summed E-state index contributed by atoms with van der Waals surface area (Å²) < 4.78 is 0. The molecule has 0 aliphatic heterocycles. The van der Waals surface area contributed by atoms with Crippen molar-refractivity contribution in [3.05, 3.63) is 35.2 Å². The van der Waals surface area contributed by atoms with Gasteiger partial charge in [0.15, 0.2) is 23.0 Å². The molecule has 13 heteroatoms. The van der Waals surface area contributed by atoms with Crippen LogP contribution in [-0.4, -0.2) is 99.6 Å². The first-order chi connectivity index (χ1) is 18.8. The molecule has 1 aromatic heterocycles. The number of nitrogens with two attached hydrogens (primary N) is 1. The number of nitrogens with zero attached hydrogens (tertiary/aromatic N) is 3. The van der Waals surface area contributed by atoms with Crippen LogP contribution in [0.3, 0.4) is 0 Å². The maximum absolute atomic E-state index is 14.0. The predicted molar refractivity (Wildman–Crippen MR) is 143 cm³/mol. The lowest BCUT2D eigenvalue weighted by molar-refractivity contribution is -0.190. The number of carbonyl (C=O) groups is 4. The Morgan fingerprint density at radius 2 is 1.93 bits per heavy atom. The number of rotatable bonds is 6. The molecule has 13 nitrogen and oxygen atoms in total. The van der Waals surface area contributed by atoms with Crippen LogP contribution in [0.4, 0.5) is 11.4 Å². The number of nitrogens with one attached hydrogen (secondary N) is 2. The number of aliphatic hydroxyl groups is 2. The number of aliphatic hydroxyl groups excluding tert-OH is 1. The Morgan fingerprint density at radius 1 is 1.23 bits per heavy atom. The van der Waals surface area contributed by atoms with E-state index in [9.17, 15) is 34.5 Å². The number of benzene rings is 1. The summed E-state index contributed by atoms with van der Waals surface area (Å²) in [5.74, 6) is -9.33. The predicted octanol–water partition coefficient (Wildman–Crippen LogP) is -0.940. The Balaban J connectivity index is 1.61. The van der Waals surface area contributed by atoms with Crippen LogP contribution in [0.15, 0.2) is 18.3 Å². The lowest BCUT2D eigenvalue weighted by atomic mass is 9.52. The van der Waals surface area contributed by atoms with Crippen LogP contribution in [0.1, 0.15) is 28.0 Å². The molecule has 5 rings (SSSR count). The molecule has 0 saturated heterocycles. The highest BCUT2D eigenvalue weighted by Gasteiger charge is 2.69. The first kappa shape index (κ1) is 27.7. The number of Topliss-reactive ketones (excluding diaryl/α,β-unsaturated/α-hetero) is 3. The fraction of sp³-hybridized carbons (Fsp3) is 0.519. The second kappa shape index (κ2) is 9.68. The Labute approximate surface area is 230 Å². The van der Waals surface area contributed by atoms with E-state index in [0.29, 0.717) is 11.3 Å². The minimum absolute atomic E-state index is 0.0473. The van der Waals surface area contributed by atoms with Crippen molar-refractivity contribution in [1.29, 1.82) is 0 Å². The van der Waals surface area contributed by atoms with Crippen molar-refractivity contribution in [2.24, 2.45) is 29.4 Å². The molecule has 1 heterocycles. The Morgan fingerprint density at radius 3 is 2.50 bits per heavy atom. The Kier molecular flexibility index (Phi) is 6.71. The molecule has 2 saturated carbocycles. The molecule has 0 bridgehead atoms. The zero-order chi connectivity index (χ0) is 29.3. The number of aromatic amines is 1. The van der Waals surface area contributed by atoms with E-state index in [1.165, 1.54) is 0 Å². The molecule has 1 aromatic carbocycles. The molecule has 3 aliphatic carbocycles. The van der Waals surface area contributed by atoms with Gasteiger partial charge in [0.1, 0.15) is 11.7 Å². The highest BCUT2D eigenvalue weighted by molar-refractivity contribution is 6.26. The number of carbonyl (C=O) groups excluding carboxylic acids is 4. The number of aromatic nitrogens is 2. The van der Waals surface area contributed by atoms with E-state index in [1.807, 2.05) is 4.90 Å². The fourth-order valence-electron chi connectivity index (χ4n) is 6.98. The molecule has 7 N–H and O–H groups in total. The zero-order valence-corrected chi connectivity index (χ0v) is 22.7. The molecule has 7 unspecified atom stereocenters. The minimum Gasteiger partial charge on any atom is -0.505 e. The number of anilines is 2. The average molecular weight is 555 g/mol. The molecular formula is C27H34N6O7. The van der Waals surface area contributed by atoms with E-state index in [-0.39, 0.29) is 36.4 Å². The van der Waals surface area contributed by atoms with Gasteiger partial charge in [-0.05, 0) is 50.6 Å². The summed E-state index contributed by atoms with van der Waals surface area (Å²) in [6.45, 7) is 0.275. The number of hydrogen-bond acceptors (Lipinski definition) is 11. The number of likely N-dealkylation sites (N-methyl/N-ethyl adjacent to an activating group) is 1. The van der Waals surface area contributed by atoms with E-state index < -0.39 is 64.7 Å². The molecule has 1 amide bonds. The number of amides is 1. The van der Waals surface area contributed by atoms with Crippen LogP contribution in [-0.2, 0) is 27.3 Å². The van der Waals surface area contributed by atoms with Gasteiger partial charge in [0.25, 0.3) is 0 Å². The van der Waals surface area contributed by atoms with Crippen molar-refractivity contribution in [3.63, 3.8) is 0 Å². The van der Waals surface area contributed by atoms with Crippen LogP contribution in [0.2, 0.25) is 0 Å². The third kappa shape index (κ3) is 3.91. The zero-order valence-electron chi connectivity index (χ0n) is 22.7. The largest absolute Gasteiger partial charge is 0.505 e. The van der Waals surface area contributed by atoms with Crippen molar-refractivity contribution in [1.82, 2.24) is 15.1 Å². The lowest BCUT2D eigenvalue weighted by Crippen LogP contribution is -2.75. The number of ketones is 3. The first-order valence-corrected chi connectivity index (χ1v) is 13.1. The second-order valence-electron chi connectivity index (χ2n) is 11.4. The van der Waals surface area contributed by atoms with Crippen LogP contribution in [0.25, 0.3) is 0 Å². The van der Waals surface area contributed by atoms with Gasteiger partial charge in [-0.1, -0.05) is 0 Å². The second-order valence-corrected chi connectivity index (χ2v) is 11.4. The van der Waals surface area contributed by atoms with E-state index in [4.69, 9.17) is 5.73 Å². The fourth-order valence-corrected chi connectivity index (χ4v) is 6.98. The molecule has 214 valence electrons. The number of hydrogen-bond donors (Lipinski definition) is 6. The summed E-state index contributed by atoms with van der Waals surface area (Å²) in [5.41, 5.74) is 4.91. The van der Waals surface area contributed by atoms with Gasteiger partial charge in [0.2, 0.25) is 5.91 Å². The summed E-state index contributed by atoms with van der Waals surface area (Å²) in [6, 6.07) is 2.53. The summed E-state index contributed by atoms with van der Waals surface area (Å²) in [4.78, 5) is 57.1. The number of fused-ring (bicyclic) bond motifs is 3. The van der Waals surface area contributed by atoms with Crippen molar-refractivity contribution < 1.29 is 34.5 Å². The number of aromatic hydroxyl groups is 1. The Hall–Kier alpha value is -3.81. The maximum atomic E-state index is 14.0. The van der Waals surface area contributed by atoms with Crippen LogP contribution in [0.5, 0.6) is 5.75 Å². The van der Waals surface area contributed by atoms with E-state index in [0.717, 1.165) is 5.69 Å². The number of phenols is 1. The topological polar surface area (TPSA) is 202 Å². The van der Waals surface area contributed by atoms with Gasteiger partial charge in [-0.3, -0.25) is 24.3 Å². The van der Waals surface area contributed by atoms with Crippen LogP contribution >= 0.6 is 0 Å². The minimum atomic E-state index is -2.70. The van der Waals surface area contributed by atoms with Gasteiger partial charge in [0.05, 0.1) is 35.5 Å². The third-order valence-electron chi connectivity index (χ3n) is 8.78. The highest BCUT2D eigenvalue weighted by Crippen LogP contribution is 2.53. The summed E-state index contributed by atoms with van der Waals surface area (Å²) >= 11 is 0. The normalized spacial score (nSPS) is 31.4. The Bertz CT molecular complexity index is 1390. The highest BCUT2D eigenvalue weighted by atomic mass is 16.3. The van der Waals surface area contributed by atoms with Gasteiger partial charge in [0, 0.05) is 37.9 Å². The lowest BCUT2D eigenvalue weighted by Gasteiger charge is -2.55.